The molecule has 156 valence electrons. The summed E-state index contributed by atoms with van der Waals surface area (Å²) in [7, 11) is 0. The maximum absolute atomic E-state index is 13.2. The van der Waals surface area contributed by atoms with Crippen molar-refractivity contribution in [1.29, 1.82) is 0 Å². The Hall–Kier alpha value is -4.00. The largest absolute Gasteiger partial charge is 0.455 e. The number of nitrogens with one attached hydrogen (secondary N) is 1. The number of aromatic nitrogens is 2. The number of anilines is 1. The standard InChI is InChI=1S/C24H20FN3O3/c1-16-12-22(28(27-16)21-10-8-20(25)9-11-21)26-23(29)15-31-24(30)14-17-6-7-18-4-2-3-5-19(18)13-17/h2-13H,14-15H2,1H3,(H,26,29). The molecule has 3 aromatic carbocycles. The van der Waals surface area contributed by atoms with Crippen molar-refractivity contribution in [3.05, 3.63) is 89.9 Å². The van der Waals surface area contributed by atoms with Crippen LogP contribution in [0.2, 0.25) is 0 Å². The van der Waals surface area contributed by atoms with Crippen LogP contribution in [0, 0.1) is 12.7 Å². The Labute approximate surface area is 178 Å². The maximum Gasteiger partial charge on any atom is 0.310 e. The molecule has 0 aliphatic rings. The molecule has 1 N–H and O–H groups in total. The summed E-state index contributed by atoms with van der Waals surface area (Å²) in [5.74, 6) is -0.944. The molecule has 0 bridgehead atoms. The third-order valence-electron chi connectivity index (χ3n) is 4.70. The monoisotopic (exact) mass is 417 g/mol. The summed E-state index contributed by atoms with van der Waals surface area (Å²) >= 11 is 0. The summed E-state index contributed by atoms with van der Waals surface area (Å²) in [5.41, 5.74) is 2.08. The normalized spacial score (nSPS) is 10.8. The van der Waals surface area contributed by atoms with E-state index in [0.29, 0.717) is 17.2 Å². The molecule has 0 saturated carbocycles. The minimum absolute atomic E-state index is 0.0741. The number of benzene rings is 3. The van der Waals surface area contributed by atoms with E-state index in [-0.39, 0.29) is 12.2 Å². The summed E-state index contributed by atoms with van der Waals surface area (Å²) in [6.45, 7) is 1.36. The Bertz CT molecular complexity index is 1250. The number of nitrogens with zero attached hydrogens (tertiary/aromatic N) is 2. The summed E-state index contributed by atoms with van der Waals surface area (Å²) in [4.78, 5) is 24.5. The van der Waals surface area contributed by atoms with E-state index in [4.69, 9.17) is 4.74 Å². The van der Waals surface area contributed by atoms with Gasteiger partial charge in [0.15, 0.2) is 6.61 Å². The van der Waals surface area contributed by atoms with Crippen LogP contribution < -0.4 is 5.32 Å². The zero-order valence-corrected chi connectivity index (χ0v) is 16.8. The predicted molar refractivity (Wildman–Crippen MR) is 115 cm³/mol. The molecule has 6 nitrogen and oxygen atoms in total. The lowest BCUT2D eigenvalue weighted by atomic mass is 10.1. The lowest BCUT2D eigenvalue weighted by Crippen LogP contribution is -2.23. The minimum Gasteiger partial charge on any atom is -0.455 e. The molecule has 1 aromatic heterocycles. The number of fused-ring (bicyclic) bond motifs is 1. The van der Waals surface area contributed by atoms with E-state index in [0.717, 1.165) is 16.3 Å². The Morgan fingerprint density at radius 1 is 1.00 bits per heavy atom. The van der Waals surface area contributed by atoms with E-state index < -0.39 is 18.5 Å². The molecule has 1 amide bonds. The van der Waals surface area contributed by atoms with Crippen molar-refractivity contribution in [2.24, 2.45) is 0 Å². The maximum atomic E-state index is 13.2. The van der Waals surface area contributed by atoms with E-state index in [1.807, 2.05) is 42.5 Å². The minimum atomic E-state index is -0.492. The Kier molecular flexibility index (Phi) is 5.75. The van der Waals surface area contributed by atoms with E-state index in [1.54, 1.807) is 25.1 Å². The number of esters is 1. The summed E-state index contributed by atoms with van der Waals surface area (Å²) < 4.78 is 19.8. The first-order chi connectivity index (χ1) is 15.0. The van der Waals surface area contributed by atoms with E-state index >= 15 is 0 Å². The van der Waals surface area contributed by atoms with Gasteiger partial charge in [0.25, 0.3) is 5.91 Å². The molecule has 4 rings (SSSR count). The van der Waals surface area contributed by atoms with Crippen LogP contribution in [0.5, 0.6) is 0 Å². The topological polar surface area (TPSA) is 73.2 Å². The molecule has 7 heteroatoms. The van der Waals surface area contributed by atoms with Crippen LogP contribution in [0.25, 0.3) is 16.5 Å². The summed E-state index contributed by atoms with van der Waals surface area (Å²) in [6, 6.07) is 21.0. The summed E-state index contributed by atoms with van der Waals surface area (Å²) in [6.07, 6.45) is 0.0741. The Balaban J connectivity index is 1.36. The van der Waals surface area contributed by atoms with E-state index in [2.05, 4.69) is 10.4 Å². The van der Waals surface area contributed by atoms with Crippen LogP contribution in [-0.4, -0.2) is 28.3 Å². The fraction of sp³-hybridized carbons (Fsp3) is 0.125. The van der Waals surface area contributed by atoms with Gasteiger partial charge in [-0.15, -0.1) is 0 Å². The van der Waals surface area contributed by atoms with Crippen LogP contribution in [-0.2, 0) is 20.7 Å². The lowest BCUT2D eigenvalue weighted by Gasteiger charge is -2.10. The third-order valence-corrected chi connectivity index (χ3v) is 4.70. The van der Waals surface area contributed by atoms with Gasteiger partial charge in [0, 0.05) is 6.07 Å². The molecule has 31 heavy (non-hydrogen) atoms. The first-order valence-corrected chi connectivity index (χ1v) is 9.74. The van der Waals surface area contributed by atoms with Crippen LogP contribution in [0.1, 0.15) is 11.3 Å². The number of halogens is 1. The fourth-order valence-corrected chi connectivity index (χ4v) is 3.26. The first-order valence-electron chi connectivity index (χ1n) is 9.74. The number of hydrogen-bond acceptors (Lipinski definition) is 4. The molecule has 0 spiro atoms. The van der Waals surface area contributed by atoms with Gasteiger partial charge in [-0.25, -0.2) is 9.07 Å². The van der Waals surface area contributed by atoms with Gasteiger partial charge in [0.1, 0.15) is 11.6 Å². The number of carbonyl (C=O) groups excluding carboxylic acids is 2. The molecular formula is C24H20FN3O3. The van der Waals surface area contributed by atoms with Crippen LogP contribution >= 0.6 is 0 Å². The van der Waals surface area contributed by atoms with Gasteiger partial charge in [0.05, 0.1) is 17.8 Å². The number of aryl methyl sites for hydroxylation is 1. The molecule has 0 aliphatic carbocycles. The number of hydrogen-bond donors (Lipinski definition) is 1. The van der Waals surface area contributed by atoms with Crippen molar-refractivity contribution in [1.82, 2.24) is 9.78 Å². The van der Waals surface area contributed by atoms with Gasteiger partial charge in [-0.05, 0) is 47.5 Å². The van der Waals surface area contributed by atoms with Crippen molar-refractivity contribution >= 4 is 28.5 Å². The second-order valence-electron chi connectivity index (χ2n) is 7.13. The molecule has 0 fully saturated rings. The summed E-state index contributed by atoms with van der Waals surface area (Å²) in [5, 5.41) is 9.12. The van der Waals surface area contributed by atoms with Crippen molar-refractivity contribution < 1.29 is 18.7 Å². The molecule has 0 unspecified atom stereocenters. The average Bonchev–Trinajstić information content (AvgIpc) is 3.12. The molecule has 1 heterocycles. The van der Waals surface area contributed by atoms with E-state index in [9.17, 15) is 14.0 Å². The van der Waals surface area contributed by atoms with Gasteiger partial charge in [-0.2, -0.15) is 5.10 Å². The smallest absolute Gasteiger partial charge is 0.310 e. The molecule has 0 radical (unpaired) electrons. The van der Waals surface area contributed by atoms with Gasteiger partial charge in [-0.1, -0.05) is 42.5 Å². The highest BCUT2D eigenvalue weighted by molar-refractivity contribution is 5.92. The third kappa shape index (κ3) is 4.95. The lowest BCUT2D eigenvalue weighted by molar-refractivity contribution is -0.146. The Morgan fingerprint density at radius 3 is 2.52 bits per heavy atom. The average molecular weight is 417 g/mol. The second kappa shape index (κ2) is 8.79. The van der Waals surface area contributed by atoms with Crippen LogP contribution in [0.15, 0.2) is 72.8 Å². The van der Waals surface area contributed by atoms with Gasteiger partial charge < -0.3 is 10.1 Å². The highest BCUT2D eigenvalue weighted by Crippen LogP contribution is 2.18. The predicted octanol–water partition coefficient (Wildman–Crippen LogP) is 4.20. The zero-order chi connectivity index (χ0) is 21.8. The van der Waals surface area contributed by atoms with Gasteiger partial charge in [-0.3, -0.25) is 9.59 Å². The highest BCUT2D eigenvalue weighted by Gasteiger charge is 2.13. The molecular weight excluding hydrogens is 397 g/mol. The van der Waals surface area contributed by atoms with Crippen molar-refractivity contribution in [3.63, 3.8) is 0 Å². The number of carbonyl (C=O) groups is 2. The van der Waals surface area contributed by atoms with E-state index in [1.165, 1.54) is 16.8 Å². The second-order valence-corrected chi connectivity index (χ2v) is 7.13. The molecule has 4 aromatic rings. The van der Waals surface area contributed by atoms with Crippen molar-refractivity contribution in [3.8, 4) is 5.69 Å². The van der Waals surface area contributed by atoms with Crippen LogP contribution in [0.4, 0.5) is 10.2 Å². The molecule has 0 aliphatic heterocycles. The fourth-order valence-electron chi connectivity index (χ4n) is 3.26. The van der Waals surface area contributed by atoms with Crippen LogP contribution in [0.3, 0.4) is 0 Å². The number of amides is 1. The zero-order valence-electron chi connectivity index (χ0n) is 16.8. The Morgan fingerprint density at radius 2 is 1.74 bits per heavy atom. The SMILES string of the molecule is Cc1cc(NC(=O)COC(=O)Cc2ccc3ccccc3c2)n(-c2ccc(F)cc2)n1. The highest BCUT2D eigenvalue weighted by atomic mass is 19.1. The van der Waals surface area contributed by atoms with Crippen molar-refractivity contribution in [2.75, 3.05) is 11.9 Å². The quantitative estimate of drug-likeness (QED) is 0.477. The first kappa shape index (κ1) is 20.3. The van der Waals surface area contributed by atoms with Gasteiger partial charge >= 0.3 is 5.97 Å². The number of rotatable bonds is 6. The van der Waals surface area contributed by atoms with Crippen molar-refractivity contribution in [2.45, 2.75) is 13.3 Å². The molecule has 0 atom stereocenters. The van der Waals surface area contributed by atoms with Gasteiger partial charge in [0.2, 0.25) is 0 Å². The number of ether oxygens (including phenoxy) is 1. The molecule has 0 saturated heterocycles.